The van der Waals surface area contributed by atoms with Gasteiger partial charge >= 0.3 is 6.18 Å². The summed E-state index contributed by atoms with van der Waals surface area (Å²) in [5, 5.41) is 9.93. The van der Waals surface area contributed by atoms with Gasteiger partial charge in [0.25, 0.3) is 0 Å². The molecule has 106 valence electrons. The second-order valence-electron chi connectivity index (χ2n) is 5.06. The fraction of sp³-hybridized carbons (Fsp3) is 0.818. The third kappa shape index (κ3) is 3.00. The van der Waals surface area contributed by atoms with Crippen molar-refractivity contribution in [3.63, 3.8) is 0 Å². The predicted octanol–water partition coefficient (Wildman–Crippen LogP) is 2.28. The maximum Gasteiger partial charge on any atom is 0.445 e. The summed E-state index contributed by atoms with van der Waals surface area (Å²) in [5.41, 5.74) is 0. The number of alkyl halides is 3. The highest BCUT2D eigenvalue weighted by Crippen LogP contribution is 2.36. The number of hydrogen-bond acceptors (Lipinski definition) is 5. The van der Waals surface area contributed by atoms with Gasteiger partial charge in [0.15, 0.2) is 0 Å². The Morgan fingerprint density at radius 2 is 2.05 bits per heavy atom. The summed E-state index contributed by atoms with van der Waals surface area (Å²) in [6, 6.07) is 0.859. The van der Waals surface area contributed by atoms with Crippen LogP contribution in [0.5, 0.6) is 0 Å². The van der Waals surface area contributed by atoms with E-state index in [9.17, 15) is 13.2 Å². The highest BCUT2D eigenvalue weighted by molar-refractivity contribution is 7.15. The van der Waals surface area contributed by atoms with Crippen LogP contribution in [-0.2, 0) is 6.18 Å². The van der Waals surface area contributed by atoms with Crippen molar-refractivity contribution in [2.45, 2.75) is 43.9 Å². The topological polar surface area (TPSA) is 41.1 Å². The molecule has 2 heterocycles. The molecule has 4 nitrogen and oxygen atoms in total. The molecular formula is C11H15F3N4S. The molecule has 1 saturated heterocycles. The highest BCUT2D eigenvalue weighted by atomic mass is 32.1. The first kappa shape index (κ1) is 13.1. The maximum absolute atomic E-state index is 12.5. The largest absolute Gasteiger partial charge is 0.445 e. The molecule has 1 aliphatic carbocycles. The summed E-state index contributed by atoms with van der Waals surface area (Å²) in [6.45, 7) is 1.59. The van der Waals surface area contributed by atoms with E-state index in [0.29, 0.717) is 22.5 Å². The van der Waals surface area contributed by atoms with Crippen LogP contribution in [0.2, 0.25) is 0 Å². The molecule has 0 aromatic carbocycles. The number of hydrogen-bond donors (Lipinski definition) is 1. The zero-order chi connectivity index (χ0) is 13.5. The molecule has 1 aromatic rings. The first-order chi connectivity index (χ1) is 9.04. The van der Waals surface area contributed by atoms with Gasteiger partial charge in [-0.2, -0.15) is 13.2 Å². The van der Waals surface area contributed by atoms with Crippen molar-refractivity contribution in [3.05, 3.63) is 5.01 Å². The van der Waals surface area contributed by atoms with Crippen molar-refractivity contribution >= 4 is 16.5 Å². The summed E-state index contributed by atoms with van der Waals surface area (Å²) in [7, 11) is 0. The Bertz CT molecular complexity index is 443. The van der Waals surface area contributed by atoms with Crippen LogP contribution in [-0.4, -0.2) is 35.4 Å². The molecular weight excluding hydrogens is 277 g/mol. The number of anilines is 1. The smallest absolute Gasteiger partial charge is 0.342 e. The Hall–Kier alpha value is -0.890. The van der Waals surface area contributed by atoms with E-state index in [1.165, 1.54) is 12.8 Å². The predicted molar refractivity (Wildman–Crippen MR) is 66.3 cm³/mol. The van der Waals surface area contributed by atoms with Gasteiger partial charge in [0.1, 0.15) is 0 Å². The van der Waals surface area contributed by atoms with Gasteiger partial charge in [0.05, 0.1) is 0 Å². The Balaban J connectivity index is 1.67. The van der Waals surface area contributed by atoms with Crippen molar-refractivity contribution in [2.24, 2.45) is 0 Å². The second kappa shape index (κ2) is 4.90. The van der Waals surface area contributed by atoms with Crippen LogP contribution >= 0.6 is 11.3 Å². The van der Waals surface area contributed by atoms with Crippen molar-refractivity contribution in [1.82, 2.24) is 15.5 Å². The maximum atomic E-state index is 12.5. The molecule has 1 saturated carbocycles. The summed E-state index contributed by atoms with van der Waals surface area (Å²) in [6.07, 6.45) is 0.0312. The fourth-order valence-electron chi connectivity index (χ4n) is 2.34. The third-order valence-corrected chi connectivity index (χ3v) is 4.50. The Morgan fingerprint density at radius 3 is 2.68 bits per heavy atom. The van der Waals surface area contributed by atoms with Gasteiger partial charge in [-0.25, -0.2) is 0 Å². The van der Waals surface area contributed by atoms with Crippen LogP contribution < -0.4 is 10.2 Å². The first-order valence-corrected chi connectivity index (χ1v) is 7.26. The van der Waals surface area contributed by atoms with E-state index in [1.54, 1.807) is 0 Å². The van der Waals surface area contributed by atoms with E-state index >= 15 is 0 Å². The zero-order valence-electron chi connectivity index (χ0n) is 10.3. The molecule has 2 fully saturated rings. The molecule has 3 rings (SSSR count). The van der Waals surface area contributed by atoms with Gasteiger partial charge < -0.3 is 10.2 Å². The number of nitrogens with one attached hydrogen (secondary N) is 1. The summed E-state index contributed by atoms with van der Waals surface area (Å²) < 4.78 is 37.6. The molecule has 19 heavy (non-hydrogen) atoms. The van der Waals surface area contributed by atoms with Gasteiger partial charge in [-0.15, -0.1) is 10.2 Å². The van der Waals surface area contributed by atoms with Crippen LogP contribution in [0, 0.1) is 0 Å². The summed E-state index contributed by atoms with van der Waals surface area (Å²) in [5.74, 6) is 0. The normalized spacial score (nSPS) is 24.2. The van der Waals surface area contributed by atoms with Crippen LogP contribution in [0.25, 0.3) is 0 Å². The van der Waals surface area contributed by atoms with E-state index in [-0.39, 0.29) is 6.04 Å². The van der Waals surface area contributed by atoms with Gasteiger partial charge in [0, 0.05) is 25.2 Å². The van der Waals surface area contributed by atoms with E-state index < -0.39 is 11.2 Å². The van der Waals surface area contributed by atoms with E-state index in [0.717, 1.165) is 25.9 Å². The van der Waals surface area contributed by atoms with Gasteiger partial charge in [-0.1, -0.05) is 11.3 Å². The van der Waals surface area contributed by atoms with Crippen LogP contribution in [0.1, 0.15) is 30.7 Å². The van der Waals surface area contributed by atoms with E-state index in [2.05, 4.69) is 15.5 Å². The lowest BCUT2D eigenvalue weighted by Gasteiger charge is -2.23. The SMILES string of the molecule is FC(F)(F)c1nnc(N2CCCC2CNC2CC2)s1. The molecule has 0 radical (unpaired) electrons. The molecule has 1 atom stereocenters. The molecule has 1 aliphatic heterocycles. The van der Waals surface area contributed by atoms with E-state index in [4.69, 9.17) is 0 Å². The molecule has 1 N–H and O–H groups in total. The number of halogens is 3. The molecule has 1 aromatic heterocycles. The Kier molecular flexibility index (Phi) is 3.38. The van der Waals surface area contributed by atoms with Crippen molar-refractivity contribution in [2.75, 3.05) is 18.0 Å². The Labute approximate surface area is 113 Å². The second-order valence-corrected chi connectivity index (χ2v) is 6.02. The van der Waals surface area contributed by atoms with Gasteiger partial charge in [-0.3, -0.25) is 0 Å². The lowest BCUT2D eigenvalue weighted by molar-refractivity contribution is -0.138. The lowest BCUT2D eigenvalue weighted by atomic mass is 10.2. The first-order valence-electron chi connectivity index (χ1n) is 6.45. The van der Waals surface area contributed by atoms with Crippen LogP contribution in [0.3, 0.4) is 0 Å². The van der Waals surface area contributed by atoms with Crippen LogP contribution in [0.4, 0.5) is 18.3 Å². The van der Waals surface area contributed by atoms with E-state index in [1.807, 2.05) is 4.90 Å². The third-order valence-electron chi connectivity index (χ3n) is 3.50. The quantitative estimate of drug-likeness (QED) is 0.924. The number of rotatable bonds is 4. The number of nitrogens with zero attached hydrogens (tertiary/aromatic N) is 3. The molecule has 1 unspecified atom stereocenters. The molecule has 2 aliphatic rings. The average Bonchev–Trinajstić information content (AvgIpc) is 2.87. The molecule has 8 heteroatoms. The molecule has 0 bridgehead atoms. The minimum Gasteiger partial charge on any atom is -0.342 e. The Morgan fingerprint density at radius 1 is 1.26 bits per heavy atom. The van der Waals surface area contributed by atoms with Crippen molar-refractivity contribution in [1.29, 1.82) is 0 Å². The lowest BCUT2D eigenvalue weighted by Crippen LogP contribution is -2.38. The zero-order valence-corrected chi connectivity index (χ0v) is 11.1. The number of aromatic nitrogens is 2. The minimum atomic E-state index is -4.39. The van der Waals surface area contributed by atoms with Gasteiger partial charge in [-0.05, 0) is 25.7 Å². The van der Waals surface area contributed by atoms with Crippen molar-refractivity contribution < 1.29 is 13.2 Å². The van der Waals surface area contributed by atoms with Gasteiger partial charge in [0.2, 0.25) is 10.1 Å². The monoisotopic (exact) mass is 292 g/mol. The fourth-order valence-corrected chi connectivity index (χ4v) is 3.15. The highest BCUT2D eigenvalue weighted by Gasteiger charge is 2.37. The average molecular weight is 292 g/mol. The van der Waals surface area contributed by atoms with Crippen molar-refractivity contribution in [3.8, 4) is 0 Å². The summed E-state index contributed by atoms with van der Waals surface area (Å²) in [4.78, 5) is 1.96. The standard InChI is InChI=1S/C11H15F3N4S/c12-11(13,14)9-16-17-10(19-9)18-5-1-2-8(18)6-15-7-3-4-7/h7-8,15H,1-6H2. The summed E-state index contributed by atoms with van der Waals surface area (Å²) >= 11 is 0.642. The minimum absolute atomic E-state index is 0.245. The van der Waals surface area contributed by atoms with Crippen LogP contribution in [0.15, 0.2) is 0 Å². The molecule has 0 spiro atoms. The molecule has 0 amide bonds.